The number of nitrogens with zero attached hydrogens (tertiary/aromatic N) is 4. The first kappa shape index (κ1) is 20.3. The first-order valence-electron chi connectivity index (χ1n) is 10.3. The number of anilines is 3. The molecule has 2 aromatic heterocycles. The Bertz CT molecular complexity index is 1410. The van der Waals surface area contributed by atoms with Crippen molar-refractivity contribution in [3.05, 3.63) is 59.9 Å². The SMILES string of the molecule is CS(=O)(=O)Nc1ccc(Nc2ncc3cnn(-c4ccc(O)c5c4CCCC5)c3n2)cc1. The molecular weight excluding hydrogens is 428 g/mol. The molecule has 5 rings (SSSR count). The Labute approximate surface area is 185 Å². The standard InChI is InChI=1S/C22H22N6O3S/c1-32(30,31)27-16-8-6-15(7-9-16)25-22-23-12-14-13-24-28(21(14)26-22)19-10-11-20(29)18-5-3-2-4-17(18)19/h6-13,27,29H,2-5H2,1H3,(H,23,25,26). The van der Waals surface area contributed by atoms with Crippen LogP contribution < -0.4 is 10.0 Å². The molecule has 0 radical (unpaired) electrons. The summed E-state index contributed by atoms with van der Waals surface area (Å²) in [7, 11) is -3.33. The Hall–Kier alpha value is -3.66. The van der Waals surface area contributed by atoms with E-state index in [9.17, 15) is 13.5 Å². The molecule has 1 aliphatic carbocycles. The van der Waals surface area contributed by atoms with Gasteiger partial charge in [-0.05, 0) is 73.2 Å². The number of benzene rings is 2. The molecule has 2 heterocycles. The predicted molar refractivity (Wildman–Crippen MR) is 123 cm³/mol. The minimum atomic E-state index is -3.33. The second kappa shape index (κ2) is 7.79. The highest BCUT2D eigenvalue weighted by atomic mass is 32.2. The topological polar surface area (TPSA) is 122 Å². The highest BCUT2D eigenvalue weighted by Crippen LogP contribution is 2.34. The van der Waals surface area contributed by atoms with Gasteiger partial charge in [0.2, 0.25) is 16.0 Å². The largest absolute Gasteiger partial charge is 0.508 e. The van der Waals surface area contributed by atoms with Crippen LogP contribution in [0.5, 0.6) is 5.75 Å². The molecule has 0 unspecified atom stereocenters. The predicted octanol–water partition coefficient (Wildman–Crippen LogP) is 3.52. The number of rotatable bonds is 5. The van der Waals surface area contributed by atoms with E-state index in [1.54, 1.807) is 47.4 Å². The van der Waals surface area contributed by atoms with Crippen LogP contribution in [0.4, 0.5) is 17.3 Å². The van der Waals surface area contributed by atoms with E-state index in [0.717, 1.165) is 59.8 Å². The zero-order valence-electron chi connectivity index (χ0n) is 17.4. The summed E-state index contributed by atoms with van der Waals surface area (Å²) in [6, 6.07) is 10.4. The van der Waals surface area contributed by atoms with Crippen molar-refractivity contribution in [2.75, 3.05) is 16.3 Å². The van der Waals surface area contributed by atoms with E-state index in [4.69, 9.17) is 0 Å². The average Bonchev–Trinajstić information content (AvgIpc) is 3.18. The number of phenols is 1. The van der Waals surface area contributed by atoms with Crippen LogP contribution in [-0.4, -0.2) is 39.5 Å². The Kier molecular flexibility index (Phi) is 4.93. The van der Waals surface area contributed by atoms with Crippen molar-refractivity contribution >= 4 is 38.4 Å². The first-order valence-corrected chi connectivity index (χ1v) is 12.2. The van der Waals surface area contributed by atoms with E-state index < -0.39 is 10.0 Å². The summed E-state index contributed by atoms with van der Waals surface area (Å²) < 4.78 is 27.0. The molecule has 0 fully saturated rings. The third-order valence-corrected chi connectivity index (χ3v) is 6.07. The van der Waals surface area contributed by atoms with Crippen molar-refractivity contribution in [3.8, 4) is 11.4 Å². The highest BCUT2D eigenvalue weighted by Gasteiger charge is 2.20. The number of fused-ring (bicyclic) bond motifs is 2. The molecule has 0 amide bonds. The fraction of sp³-hybridized carbons (Fsp3) is 0.227. The van der Waals surface area contributed by atoms with E-state index >= 15 is 0 Å². The monoisotopic (exact) mass is 450 g/mol. The number of hydrogen-bond donors (Lipinski definition) is 3. The van der Waals surface area contributed by atoms with E-state index in [2.05, 4.69) is 25.1 Å². The zero-order chi connectivity index (χ0) is 22.3. The van der Waals surface area contributed by atoms with Crippen LogP contribution in [0.2, 0.25) is 0 Å². The lowest BCUT2D eigenvalue weighted by atomic mass is 9.89. The third kappa shape index (κ3) is 3.96. The van der Waals surface area contributed by atoms with Gasteiger partial charge in [-0.25, -0.2) is 18.1 Å². The summed E-state index contributed by atoms with van der Waals surface area (Å²) >= 11 is 0. The maximum Gasteiger partial charge on any atom is 0.229 e. The summed E-state index contributed by atoms with van der Waals surface area (Å²) in [5, 5.41) is 18.8. The molecule has 0 saturated carbocycles. The molecule has 0 spiro atoms. The molecule has 0 bridgehead atoms. The molecule has 2 aromatic carbocycles. The maximum atomic E-state index is 11.4. The van der Waals surface area contributed by atoms with Gasteiger partial charge in [-0.2, -0.15) is 10.1 Å². The lowest BCUT2D eigenvalue weighted by molar-refractivity contribution is 0.461. The molecule has 32 heavy (non-hydrogen) atoms. The number of aromatic hydroxyl groups is 1. The van der Waals surface area contributed by atoms with Crippen molar-refractivity contribution < 1.29 is 13.5 Å². The minimum Gasteiger partial charge on any atom is -0.508 e. The smallest absolute Gasteiger partial charge is 0.229 e. The van der Waals surface area contributed by atoms with E-state index in [0.29, 0.717) is 23.0 Å². The molecule has 4 aromatic rings. The van der Waals surface area contributed by atoms with Gasteiger partial charge in [0.05, 0.1) is 23.5 Å². The van der Waals surface area contributed by atoms with Crippen LogP contribution in [0, 0.1) is 0 Å². The molecule has 0 saturated heterocycles. The fourth-order valence-electron chi connectivity index (χ4n) is 4.05. The summed E-state index contributed by atoms with van der Waals surface area (Å²) in [5.74, 6) is 0.737. The van der Waals surface area contributed by atoms with Gasteiger partial charge in [0.25, 0.3) is 0 Å². The molecule has 1 aliphatic rings. The van der Waals surface area contributed by atoms with Gasteiger partial charge in [-0.1, -0.05) is 0 Å². The van der Waals surface area contributed by atoms with Crippen LogP contribution >= 0.6 is 0 Å². The Morgan fingerprint density at radius 1 is 0.969 bits per heavy atom. The van der Waals surface area contributed by atoms with Crippen molar-refractivity contribution in [1.82, 2.24) is 19.7 Å². The van der Waals surface area contributed by atoms with E-state index in [1.807, 2.05) is 6.07 Å². The van der Waals surface area contributed by atoms with Gasteiger partial charge in [-0.3, -0.25) is 4.72 Å². The van der Waals surface area contributed by atoms with E-state index in [1.165, 1.54) is 0 Å². The summed E-state index contributed by atoms with van der Waals surface area (Å²) in [6.07, 6.45) is 8.45. The Morgan fingerprint density at radius 3 is 2.44 bits per heavy atom. The second-order valence-electron chi connectivity index (χ2n) is 7.87. The van der Waals surface area contributed by atoms with Gasteiger partial charge in [0.1, 0.15) is 5.75 Å². The summed E-state index contributed by atoms with van der Waals surface area (Å²) in [4.78, 5) is 9.03. The van der Waals surface area contributed by atoms with Crippen molar-refractivity contribution in [1.29, 1.82) is 0 Å². The van der Waals surface area contributed by atoms with Crippen molar-refractivity contribution in [3.63, 3.8) is 0 Å². The van der Waals surface area contributed by atoms with Crippen LogP contribution in [0.15, 0.2) is 48.8 Å². The van der Waals surface area contributed by atoms with Crippen molar-refractivity contribution in [2.24, 2.45) is 0 Å². The van der Waals surface area contributed by atoms with E-state index in [-0.39, 0.29) is 0 Å². The number of phenolic OH excluding ortho intramolecular Hbond substituents is 1. The average molecular weight is 451 g/mol. The first-order chi connectivity index (χ1) is 15.4. The van der Waals surface area contributed by atoms with Gasteiger partial charge in [0.15, 0.2) is 5.65 Å². The number of aromatic nitrogens is 4. The molecule has 0 atom stereocenters. The number of hydrogen-bond acceptors (Lipinski definition) is 7. The van der Waals surface area contributed by atoms with Crippen LogP contribution in [-0.2, 0) is 22.9 Å². The van der Waals surface area contributed by atoms with Crippen molar-refractivity contribution in [2.45, 2.75) is 25.7 Å². The van der Waals surface area contributed by atoms with Crippen LogP contribution in [0.1, 0.15) is 24.0 Å². The summed E-state index contributed by atoms with van der Waals surface area (Å²) in [6.45, 7) is 0. The van der Waals surface area contributed by atoms with Crippen LogP contribution in [0.3, 0.4) is 0 Å². The molecule has 10 heteroatoms. The highest BCUT2D eigenvalue weighted by molar-refractivity contribution is 7.92. The van der Waals surface area contributed by atoms with Gasteiger partial charge in [0, 0.05) is 17.6 Å². The molecular formula is C22H22N6O3S. The lowest BCUT2D eigenvalue weighted by Crippen LogP contribution is -2.10. The minimum absolute atomic E-state index is 0.339. The van der Waals surface area contributed by atoms with Gasteiger partial charge < -0.3 is 10.4 Å². The molecule has 0 aliphatic heterocycles. The van der Waals surface area contributed by atoms with Crippen LogP contribution in [0.25, 0.3) is 16.7 Å². The molecule has 164 valence electrons. The fourth-order valence-corrected chi connectivity index (χ4v) is 4.61. The molecule has 3 N–H and O–H groups in total. The quantitative estimate of drug-likeness (QED) is 0.425. The second-order valence-corrected chi connectivity index (χ2v) is 9.62. The lowest BCUT2D eigenvalue weighted by Gasteiger charge is -2.20. The summed E-state index contributed by atoms with van der Waals surface area (Å²) in [5.41, 5.74) is 4.89. The molecule has 9 nitrogen and oxygen atoms in total. The maximum absolute atomic E-state index is 11.4. The van der Waals surface area contributed by atoms with Gasteiger partial charge in [-0.15, -0.1) is 0 Å². The zero-order valence-corrected chi connectivity index (χ0v) is 18.2. The Morgan fingerprint density at radius 2 is 1.69 bits per heavy atom. The normalized spacial score (nSPS) is 13.7. The number of nitrogens with one attached hydrogen (secondary N) is 2. The third-order valence-electron chi connectivity index (χ3n) is 5.47. The Balaban J connectivity index is 1.48. The van der Waals surface area contributed by atoms with Gasteiger partial charge >= 0.3 is 0 Å². The number of sulfonamides is 1.